The molecule has 0 aliphatic carbocycles. The van der Waals surface area contributed by atoms with Gasteiger partial charge in [-0.25, -0.2) is 19.2 Å². The minimum atomic E-state index is -1.82. The van der Waals surface area contributed by atoms with Crippen LogP contribution in [0.4, 0.5) is 5.69 Å². The Morgan fingerprint density at radius 3 is 1.88 bits per heavy atom. The van der Waals surface area contributed by atoms with E-state index < -0.39 is 23.9 Å². The predicted octanol–water partition coefficient (Wildman–Crippen LogP) is 1.79. The third kappa shape index (κ3) is 11.4. The van der Waals surface area contributed by atoms with E-state index in [1.807, 2.05) is 43.3 Å². The first-order valence-electron chi connectivity index (χ1n) is 12.9. The summed E-state index contributed by atoms with van der Waals surface area (Å²) >= 11 is 0. The van der Waals surface area contributed by atoms with E-state index in [0.717, 1.165) is 56.1 Å². The fourth-order valence-electron chi connectivity index (χ4n) is 4.27. The number of hydrogen-bond acceptors (Lipinski definition) is 8. The van der Waals surface area contributed by atoms with E-state index in [0.29, 0.717) is 6.10 Å². The van der Waals surface area contributed by atoms with Gasteiger partial charge in [-0.05, 0) is 31.4 Å². The third-order valence-electron chi connectivity index (χ3n) is 6.46. The molecule has 222 valence electrons. The molecule has 0 bridgehead atoms. The Balaban J connectivity index is 0.000000413. The zero-order valence-electron chi connectivity index (χ0n) is 22.6. The molecule has 2 unspecified atom stereocenters. The van der Waals surface area contributed by atoms with Crippen molar-refractivity contribution in [1.82, 2.24) is 9.80 Å². The molecule has 2 aromatic rings. The van der Waals surface area contributed by atoms with Crippen LogP contribution in [0.2, 0.25) is 0 Å². The summed E-state index contributed by atoms with van der Waals surface area (Å²) in [5.41, 5.74) is 3.03. The number of aliphatic carboxylic acids is 4. The van der Waals surface area contributed by atoms with Crippen LogP contribution in [-0.2, 0) is 28.7 Å². The lowest BCUT2D eigenvalue weighted by atomic mass is 10.0. The van der Waals surface area contributed by atoms with Gasteiger partial charge in [-0.2, -0.15) is 0 Å². The van der Waals surface area contributed by atoms with Crippen molar-refractivity contribution in [3.63, 3.8) is 0 Å². The highest BCUT2D eigenvalue weighted by Gasteiger charge is 2.28. The lowest BCUT2D eigenvalue weighted by molar-refractivity contribution is -0.159. The summed E-state index contributed by atoms with van der Waals surface area (Å²) in [7, 11) is 0. The number of hydrogen-bond donors (Lipinski definition) is 5. The highest BCUT2D eigenvalue weighted by Crippen LogP contribution is 2.28. The molecule has 0 aromatic heterocycles. The molecule has 2 aliphatic rings. The number of benzene rings is 2. The molecule has 4 rings (SSSR count). The van der Waals surface area contributed by atoms with Crippen molar-refractivity contribution >= 4 is 35.5 Å². The van der Waals surface area contributed by atoms with Crippen molar-refractivity contribution in [3.8, 4) is 11.1 Å². The summed E-state index contributed by atoms with van der Waals surface area (Å²) in [6.45, 7) is 7.78. The van der Waals surface area contributed by atoms with Gasteiger partial charge in [-0.3, -0.25) is 14.6 Å². The standard InChI is InChI=1S/C24H31N3O2.2C2H2O4/c1-19(27-15-13-26(14-16-27)18-21-10-7-17-29-21)24(28)25-23-12-6-5-11-22(23)20-8-3-2-4-9-20;2*3-1(4)2(5)6/h2-6,8-9,11-12,19,21H,7,10,13-18H2,1H3,(H,25,28);2*(H,3,4)(H,5,6). The summed E-state index contributed by atoms with van der Waals surface area (Å²) in [6.07, 6.45) is 2.77. The van der Waals surface area contributed by atoms with Crippen LogP contribution >= 0.6 is 0 Å². The number of rotatable bonds is 6. The van der Waals surface area contributed by atoms with Gasteiger partial charge in [-0.15, -0.1) is 0 Å². The van der Waals surface area contributed by atoms with E-state index in [9.17, 15) is 4.79 Å². The van der Waals surface area contributed by atoms with Crippen molar-refractivity contribution in [2.45, 2.75) is 31.9 Å². The lowest BCUT2D eigenvalue weighted by Gasteiger charge is -2.38. The molecule has 5 N–H and O–H groups in total. The molecule has 2 fully saturated rings. The van der Waals surface area contributed by atoms with Gasteiger partial charge in [0.2, 0.25) is 5.91 Å². The van der Waals surface area contributed by atoms with E-state index in [4.69, 9.17) is 44.3 Å². The maximum atomic E-state index is 13.0. The topological polar surface area (TPSA) is 194 Å². The molecule has 2 saturated heterocycles. The Hall–Kier alpha value is -4.33. The fourth-order valence-corrected chi connectivity index (χ4v) is 4.27. The average molecular weight is 574 g/mol. The number of amides is 1. The Morgan fingerprint density at radius 2 is 1.37 bits per heavy atom. The number of para-hydroxylation sites is 1. The third-order valence-corrected chi connectivity index (χ3v) is 6.46. The molecule has 41 heavy (non-hydrogen) atoms. The monoisotopic (exact) mass is 573 g/mol. The maximum Gasteiger partial charge on any atom is 0.414 e. The molecule has 13 nitrogen and oxygen atoms in total. The normalized spacial score (nSPS) is 17.5. The summed E-state index contributed by atoms with van der Waals surface area (Å²) in [5.74, 6) is -7.24. The summed E-state index contributed by atoms with van der Waals surface area (Å²) in [6, 6.07) is 18.1. The molecular formula is C28H35N3O10. The van der Waals surface area contributed by atoms with Gasteiger partial charge in [0.05, 0.1) is 12.1 Å². The number of ether oxygens (including phenoxy) is 1. The molecule has 2 heterocycles. The lowest BCUT2D eigenvalue weighted by Crippen LogP contribution is -2.53. The summed E-state index contributed by atoms with van der Waals surface area (Å²) in [4.78, 5) is 54.1. The minimum Gasteiger partial charge on any atom is -0.473 e. The van der Waals surface area contributed by atoms with Crippen LogP contribution in [0.15, 0.2) is 54.6 Å². The van der Waals surface area contributed by atoms with Crippen LogP contribution in [0, 0.1) is 0 Å². The SMILES string of the molecule is CC(C(=O)Nc1ccccc1-c1ccccc1)N1CCN(CC2CCCO2)CC1.O=C(O)C(=O)O.O=C(O)C(=O)O. The van der Waals surface area contributed by atoms with Crippen LogP contribution in [0.5, 0.6) is 0 Å². The van der Waals surface area contributed by atoms with Crippen molar-refractivity contribution in [1.29, 1.82) is 0 Å². The number of nitrogens with one attached hydrogen (secondary N) is 1. The molecule has 2 aliphatic heterocycles. The van der Waals surface area contributed by atoms with Crippen molar-refractivity contribution < 1.29 is 49.1 Å². The highest BCUT2D eigenvalue weighted by molar-refractivity contribution is 6.27. The predicted molar refractivity (Wildman–Crippen MR) is 147 cm³/mol. The van der Waals surface area contributed by atoms with Crippen molar-refractivity contribution in [2.75, 3.05) is 44.6 Å². The zero-order valence-corrected chi connectivity index (χ0v) is 22.6. The molecule has 2 aromatic carbocycles. The van der Waals surface area contributed by atoms with E-state index in [-0.39, 0.29) is 11.9 Å². The van der Waals surface area contributed by atoms with Crippen molar-refractivity contribution in [3.05, 3.63) is 54.6 Å². The van der Waals surface area contributed by atoms with Gasteiger partial charge >= 0.3 is 23.9 Å². The van der Waals surface area contributed by atoms with E-state index in [2.05, 4.69) is 33.3 Å². The Labute approximate surface area is 236 Å². The number of carbonyl (C=O) groups is 5. The average Bonchev–Trinajstić information content (AvgIpc) is 3.47. The second kappa shape index (κ2) is 16.7. The fraction of sp³-hybridized carbons (Fsp3) is 0.393. The molecule has 0 spiro atoms. The van der Waals surface area contributed by atoms with Gasteiger partial charge in [0.15, 0.2) is 0 Å². The van der Waals surface area contributed by atoms with Gasteiger partial charge < -0.3 is 30.5 Å². The molecule has 1 amide bonds. The summed E-state index contributed by atoms with van der Waals surface area (Å²) in [5, 5.41) is 32.7. The highest BCUT2D eigenvalue weighted by atomic mass is 16.5. The largest absolute Gasteiger partial charge is 0.473 e. The van der Waals surface area contributed by atoms with Crippen LogP contribution in [0.1, 0.15) is 19.8 Å². The van der Waals surface area contributed by atoms with Crippen LogP contribution in [0.3, 0.4) is 0 Å². The van der Waals surface area contributed by atoms with Gasteiger partial charge in [0, 0.05) is 50.6 Å². The smallest absolute Gasteiger partial charge is 0.414 e. The van der Waals surface area contributed by atoms with Crippen LogP contribution in [0.25, 0.3) is 11.1 Å². The van der Waals surface area contributed by atoms with E-state index >= 15 is 0 Å². The molecule has 2 atom stereocenters. The number of carboxylic acid groups (broad SMARTS) is 4. The molecule has 13 heteroatoms. The zero-order chi connectivity index (χ0) is 30.4. The van der Waals surface area contributed by atoms with E-state index in [1.165, 1.54) is 12.8 Å². The number of carbonyl (C=O) groups excluding carboxylic acids is 1. The van der Waals surface area contributed by atoms with E-state index in [1.54, 1.807) is 0 Å². The molecular weight excluding hydrogens is 538 g/mol. The maximum absolute atomic E-state index is 13.0. The first-order chi connectivity index (χ1) is 19.5. The van der Waals surface area contributed by atoms with Gasteiger partial charge in [-0.1, -0.05) is 48.5 Å². The Kier molecular flexibility index (Phi) is 13.4. The second-order valence-corrected chi connectivity index (χ2v) is 9.27. The van der Waals surface area contributed by atoms with Gasteiger partial charge in [0.25, 0.3) is 0 Å². The molecule has 0 saturated carbocycles. The van der Waals surface area contributed by atoms with Crippen LogP contribution in [-0.4, -0.2) is 111 Å². The minimum absolute atomic E-state index is 0.0564. The van der Waals surface area contributed by atoms with Crippen molar-refractivity contribution in [2.24, 2.45) is 0 Å². The van der Waals surface area contributed by atoms with Crippen LogP contribution < -0.4 is 5.32 Å². The number of carboxylic acids is 4. The Bertz CT molecular complexity index is 1130. The quantitative estimate of drug-likeness (QED) is 0.315. The summed E-state index contributed by atoms with van der Waals surface area (Å²) < 4.78 is 5.76. The number of anilines is 1. The Morgan fingerprint density at radius 1 is 0.829 bits per heavy atom. The number of piperazine rings is 1. The first kappa shape index (κ1) is 32.9. The first-order valence-corrected chi connectivity index (χ1v) is 12.9. The number of nitrogens with zero attached hydrogens (tertiary/aromatic N) is 2. The molecule has 0 radical (unpaired) electrons. The van der Waals surface area contributed by atoms with Gasteiger partial charge in [0.1, 0.15) is 0 Å². The second-order valence-electron chi connectivity index (χ2n) is 9.27.